The van der Waals surface area contributed by atoms with Gasteiger partial charge in [-0.15, -0.1) is 0 Å². The van der Waals surface area contributed by atoms with Crippen LogP contribution in [0.3, 0.4) is 0 Å². The van der Waals surface area contributed by atoms with Gasteiger partial charge in [0, 0.05) is 19.2 Å². The molecular weight excluding hydrogens is 282 g/mol. The second-order valence-electron chi connectivity index (χ2n) is 4.19. The van der Waals surface area contributed by atoms with E-state index in [1.165, 1.54) is 11.8 Å². The Labute approximate surface area is 120 Å². The van der Waals surface area contributed by atoms with Crippen LogP contribution >= 0.6 is 24.0 Å². The molecule has 0 unspecified atom stereocenters. The van der Waals surface area contributed by atoms with E-state index in [2.05, 4.69) is 4.98 Å². The smallest absolute Gasteiger partial charge is 0.169 e. The Morgan fingerprint density at radius 2 is 2.11 bits per heavy atom. The van der Waals surface area contributed by atoms with Crippen LogP contribution in [0.1, 0.15) is 0 Å². The van der Waals surface area contributed by atoms with E-state index in [9.17, 15) is 0 Å². The molecule has 3 rings (SSSR count). The number of nitrogens with zero attached hydrogens (tertiary/aromatic N) is 2. The fourth-order valence-corrected chi connectivity index (χ4v) is 2.87. The van der Waals surface area contributed by atoms with Crippen molar-refractivity contribution in [3.63, 3.8) is 0 Å². The maximum absolute atomic E-state index is 5.58. The molecular formula is C12H13N3O2S2. The van der Waals surface area contributed by atoms with Crippen LogP contribution < -0.4 is 15.2 Å². The number of aromatic nitrogens is 2. The molecule has 0 amide bonds. The zero-order valence-corrected chi connectivity index (χ0v) is 12.0. The maximum atomic E-state index is 5.58. The van der Waals surface area contributed by atoms with Gasteiger partial charge in [0.05, 0.1) is 21.8 Å². The summed E-state index contributed by atoms with van der Waals surface area (Å²) in [5.74, 6) is 2.11. The van der Waals surface area contributed by atoms with Crippen LogP contribution in [0.2, 0.25) is 0 Å². The number of hydrogen-bond donors (Lipinski definition) is 1. The average molecular weight is 295 g/mol. The highest BCUT2D eigenvalue weighted by Crippen LogP contribution is 2.35. The lowest BCUT2D eigenvalue weighted by molar-refractivity contribution is 0.172. The molecule has 0 radical (unpaired) electrons. The third-order valence-corrected chi connectivity index (χ3v) is 4.25. The number of thiocarbonyl (C=S) groups is 1. The molecule has 7 heteroatoms. The van der Waals surface area contributed by atoms with Crippen molar-refractivity contribution in [2.75, 3.05) is 19.0 Å². The van der Waals surface area contributed by atoms with Gasteiger partial charge in [0.25, 0.3) is 0 Å². The van der Waals surface area contributed by atoms with Crippen LogP contribution in [-0.4, -0.2) is 33.5 Å². The Morgan fingerprint density at radius 1 is 1.42 bits per heavy atom. The van der Waals surface area contributed by atoms with Crippen LogP contribution in [-0.2, 0) is 7.05 Å². The Kier molecular flexibility index (Phi) is 3.24. The largest absolute Gasteiger partial charge is 0.486 e. The highest BCUT2D eigenvalue weighted by molar-refractivity contribution is 8.00. The number of fused-ring (bicyclic) bond motifs is 2. The van der Waals surface area contributed by atoms with Gasteiger partial charge in [-0.25, -0.2) is 4.98 Å². The second-order valence-corrected chi connectivity index (χ2v) is 5.66. The van der Waals surface area contributed by atoms with E-state index in [4.69, 9.17) is 27.4 Å². The van der Waals surface area contributed by atoms with Crippen molar-refractivity contribution in [2.24, 2.45) is 12.8 Å². The summed E-state index contributed by atoms with van der Waals surface area (Å²) in [5, 5.41) is 0.880. The van der Waals surface area contributed by atoms with Crippen LogP contribution in [0.4, 0.5) is 0 Å². The SMILES string of the molecule is Cn1c(SCC(N)=S)nc2cc3c(cc21)OCCO3. The number of ether oxygens (including phenoxy) is 2. The minimum atomic E-state index is 0.475. The van der Waals surface area contributed by atoms with Crippen LogP contribution in [0.5, 0.6) is 11.5 Å². The van der Waals surface area contributed by atoms with Gasteiger partial charge in [-0.2, -0.15) is 0 Å². The topological polar surface area (TPSA) is 62.3 Å². The first-order valence-corrected chi connectivity index (χ1v) is 7.21. The average Bonchev–Trinajstić information content (AvgIpc) is 2.70. The molecule has 2 N–H and O–H groups in total. The monoisotopic (exact) mass is 295 g/mol. The standard InChI is InChI=1S/C12H13N3O2S2/c1-15-8-5-10-9(16-2-3-17-10)4-7(8)14-12(15)19-6-11(13)18/h4-5H,2-3,6H2,1H3,(H2,13,18). The van der Waals surface area contributed by atoms with Crippen molar-refractivity contribution >= 4 is 40.0 Å². The van der Waals surface area contributed by atoms with Crippen LogP contribution in [0.25, 0.3) is 11.0 Å². The third kappa shape index (κ3) is 2.35. The van der Waals surface area contributed by atoms with Gasteiger partial charge in [0.2, 0.25) is 0 Å². The van der Waals surface area contributed by atoms with Crippen molar-refractivity contribution in [1.29, 1.82) is 0 Å². The van der Waals surface area contributed by atoms with Gasteiger partial charge in [0.15, 0.2) is 16.7 Å². The lowest BCUT2D eigenvalue weighted by Crippen LogP contribution is -2.15. The molecule has 2 aromatic rings. The van der Waals surface area contributed by atoms with Crippen molar-refractivity contribution < 1.29 is 9.47 Å². The number of imidazole rings is 1. The summed E-state index contributed by atoms with van der Waals surface area (Å²) in [5.41, 5.74) is 7.41. The lowest BCUT2D eigenvalue weighted by Gasteiger charge is -2.18. The summed E-state index contributed by atoms with van der Waals surface area (Å²) >= 11 is 6.41. The predicted octanol–water partition coefficient (Wildman–Crippen LogP) is 1.72. The number of thioether (sulfide) groups is 1. The maximum Gasteiger partial charge on any atom is 0.169 e. The molecule has 0 saturated carbocycles. The molecule has 0 aliphatic carbocycles. The summed E-state index contributed by atoms with van der Waals surface area (Å²) < 4.78 is 13.1. The second kappa shape index (κ2) is 4.90. The molecule has 0 fully saturated rings. The van der Waals surface area contributed by atoms with E-state index in [1.807, 2.05) is 23.7 Å². The van der Waals surface area contributed by atoms with Gasteiger partial charge < -0.3 is 19.8 Å². The summed E-state index contributed by atoms with van der Waals surface area (Å²) in [7, 11) is 1.97. The molecule has 0 spiro atoms. The van der Waals surface area contributed by atoms with E-state index in [1.54, 1.807) is 0 Å². The van der Waals surface area contributed by atoms with E-state index < -0.39 is 0 Å². The molecule has 0 bridgehead atoms. The quantitative estimate of drug-likeness (QED) is 0.687. The number of aryl methyl sites for hydroxylation is 1. The zero-order valence-electron chi connectivity index (χ0n) is 10.4. The van der Waals surface area contributed by atoms with Gasteiger partial charge in [0.1, 0.15) is 13.2 Å². The molecule has 1 aliphatic heterocycles. The minimum absolute atomic E-state index is 0.475. The molecule has 2 heterocycles. The van der Waals surface area contributed by atoms with Crippen LogP contribution in [0.15, 0.2) is 17.3 Å². The first kappa shape index (κ1) is 12.6. The van der Waals surface area contributed by atoms with Crippen molar-refractivity contribution in [1.82, 2.24) is 9.55 Å². The molecule has 1 aliphatic rings. The number of rotatable bonds is 3. The first-order chi connectivity index (χ1) is 9.15. The van der Waals surface area contributed by atoms with E-state index >= 15 is 0 Å². The number of benzene rings is 1. The highest BCUT2D eigenvalue weighted by atomic mass is 32.2. The Balaban J connectivity index is 2.02. The summed E-state index contributed by atoms with van der Waals surface area (Å²) in [6, 6.07) is 3.87. The normalized spacial score (nSPS) is 13.7. The van der Waals surface area contributed by atoms with Gasteiger partial charge in [-0.05, 0) is 0 Å². The summed E-state index contributed by atoms with van der Waals surface area (Å²) in [4.78, 5) is 5.04. The summed E-state index contributed by atoms with van der Waals surface area (Å²) in [6.45, 7) is 1.16. The molecule has 1 aromatic heterocycles. The minimum Gasteiger partial charge on any atom is -0.486 e. The first-order valence-electron chi connectivity index (χ1n) is 5.82. The number of nitrogens with two attached hydrogens (primary N) is 1. The van der Waals surface area contributed by atoms with Crippen LogP contribution in [0, 0.1) is 0 Å². The molecule has 1 aromatic carbocycles. The van der Waals surface area contributed by atoms with Crippen molar-refractivity contribution in [3.05, 3.63) is 12.1 Å². The molecule has 0 saturated heterocycles. The molecule has 19 heavy (non-hydrogen) atoms. The van der Waals surface area contributed by atoms with Crippen molar-refractivity contribution in [3.8, 4) is 11.5 Å². The summed E-state index contributed by atoms with van der Waals surface area (Å²) in [6.07, 6.45) is 0. The van der Waals surface area contributed by atoms with Gasteiger partial charge >= 0.3 is 0 Å². The molecule has 0 atom stereocenters. The lowest BCUT2D eigenvalue weighted by atomic mass is 10.2. The molecule has 100 valence electrons. The van der Waals surface area contributed by atoms with Gasteiger partial charge in [-0.1, -0.05) is 24.0 Å². The number of hydrogen-bond acceptors (Lipinski definition) is 5. The van der Waals surface area contributed by atoms with E-state index in [0.717, 1.165) is 27.7 Å². The zero-order chi connectivity index (χ0) is 13.4. The fourth-order valence-electron chi connectivity index (χ4n) is 1.97. The molecule has 5 nitrogen and oxygen atoms in total. The Hall–Kier alpha value is -1.47. The van der Waals surface area contributed by atoms with Crippen molar-refractivity contribution in [2.45, 2.75) is 5.16 Å². The Morgan fingerprint density at radius 3 is 2.79 bits per heavy atom. The van der Waals surface area contributed by atoms with E-state index in [0.29, 0.717) is 24.0 Å². The third-order valence-electron chi connectivity index (χ3n) is 2.85. The Bertz CT molecular complexity index is 654. The van der Waals surface area contributed by atoms with Gasteiger partial charge in [-0.3, -0.25) is 0 Å². The fraction of sp³-hybridized carbons (Fsp3) is 0.333. The van der Waals surface area contributed by atoms with E-state index in [-0.39, 0.29) is 0 Å². The predicted molar refractivity (Wildman–Crippen MR) is 79.2 cm³/mol. The highest BCUT2D eigenvalue weighted by Gasteiger charge is 2.16.